The highest BCUT2D eigenvalue weighted by Gasteiger charge is 2.10. The second kappa shape index (κ2) is 6.08. The quantitative estimate of drug-likeness (QED) is 0.559. The summed E-state index contributed by atoms with van der Waals surface area (Å²) < 4.78 is 1.85. The van der Waals surface area contributed by atoms with Crippen molar-refractivity contribution in [2.75, 3.05) is 0 Å². The first-order valence-electron chi connectivity index (χ1n) is 8.25. The van der Waals surface area contributed by atoms with Gasteiger partial charge >= 0.3 is 0 Å². The van der Waals surface area contributed by atoms with Crippen LogP contribution in [0.15, 0.2) is 30.5 Å². The summed E-state index contributed by atoms with van der Waals surface area (Å²) in [6.45, 7) is 5.92. The molecule has 126 valence electrons. The van der Waals surface area contributed by atoms with E-state index in [1.165, 1.54) is 0 Å². The minimum absolute atomic E-state index is 0.725. The Labute approximate surface area is 150 Å². The molecule has 5 nitrogen and oxygen atoms in total. The number of aryl methyl sites for hydroxylation is 5. The van der Waals surface area contributed by atoms with Gasteiger partial charge in [-0.1, -0.05) is 29.8 Å². The minimum atomic E-state index is 0.725. The summed E-state index contributed by atoms with van der Waals surface area (Å²) in [6.07, 6.45) is 3.31. The van der Waals surface area contributed by atoms with Gasteiger partial charge in [-0.3, -0.25) is 9.97 Å². The molecule has 0 spiro atoms. The van der Waals surface area contributed by atoms with Crippen LogP contribution in [0.2, 0.25) is 5.02 Å². The third kappa shape index (κ3) is 2.85. The van der Waals surface area contributed by atoms with E-state index in [9.17, 15) is 0 Å². The van der Waals surface area contributed by atoms with Crippen LogP contribution in [-0.2, 0) is 12.8 Å². The van der Waals surface area contributed by atoms with Gasteiger partial charge in [-0.15, -0.1) is 0 Å². The van der Waals surface area contributed by atoms with E-state index in [4.69, 9.17) is 16.6 Å². The normalized spacial score (nSPS) is 11.5. The van der Waals surface area contributed by atoms with Crippen LogP contribution in [0.3, 0.4) is 0 Å². The van der Waals surface area contributed by atoms with Gasteiger partial charge < -0.3 is 0 Å². The second-order valence-corrected chi connectivity index (χ2v) is 6.70. The van der Waals surface area contributed by atoms with Crippen LogP contribution in [0.5, 0.6) is 0 Å². The van der Waals surface area contributed by atoms with E-state index in [2.05, 4.69) is 27.2 Å². The summed E-state index contributed by atoms with van der Waals surface area (Å²) in [5, 5.41) is 6.38. The van der Waals surface area contributed by atoms with Crippen molar-refractivity contribution >= 4 is 28.2 Å². The first-order chi connectivity index (χ1) is 12.0. The van der Waals surface area contributed by atoms with E-state index in [1.54, 1.807) is 0 Å². The number of hydrogen-bond donors (Lipinski definition) is 0. The molecule has 0 aliphatic carbocycles. The average Bonchev–Trinajstić information content (AvgIpc) is 3.05. The summed E-state index contributed by atoms with van der Waals surface area (Å²) in [5.74, 6) is 0.802. The predicted molar refractivity (Wildman–Crippen MR) is 99.2 cm³/mol. The zero-order valence-electron chi connectivity index (χ0n) is 14.4. The third-order valence-electron chi connectivity index (χ3n) is 4.41. The van der Waals surface area contributed by atoms with Crippen LogP contribution in [0.4, 0.5) is 0 Å². The maximum absolute atomic E-state index is 6.41. The fraction of sp³-hybridized carbons (Fsp3) is 0.263. The molecular formula is C19H18ClN5. The van der Waals surface area contributed by atoms with Gasteiger partial charge in [0.15, 0.2) is 11.5 Å². The van der Waals surface area contributed by atoms with Gasteiger partial charge in [-0.2, -0.15) is 5.10 Å². The van der Waals surface area contributed by atoms with Gasteiger partial charge in [0.25, 0.3) is 0 Å². The molecule has 0 saturated heterocycles. The van der Waals surface area contributed by atoms with Gasteiger partial charge in [0.2, 0.25) is 0 Å². The van der Waals surface area contributed by atoms with Crippen LogP contribution in [0, 0.1) is 20.8 Å². The SMILES string of the molecule is Cc1ccc2ccc(CCc3nc4c(C)ncc(C)n4n3)nc2c1Cl. The molecule has 1 aromatic carbocycles. The van der Waals surface area contributed by atoms with E-state index in [1.807, 2.05) is 43.6 Å². The summed E-state index contributed by atoms with van der Waals surface area (Å²) in [5.41, 5.74) is 5.57. The molecule has 25 heavy (non-hydrogen) atoms. The van der Waals surface area contributed by atoms with E-state index in [0.29, 0.717) is 0 Å². The van der Waals surface area contributed by atoms with Crippen molar-refractivity contribution in [2.24, 2.45) is 0 Å². The van der Waals surface area contributed by atoms with E-state index >= 15 is 0 Å². The maximum Gasteiger partial charge on any atom is 0.177 e. The molecular weight excluding hydrogens is 334 g/mol. The van der Waals surface area contributed by atoms with E-state index in [-0.39, 0.29) is 0 Å². The smallest absolute Gasteiger partial charge is 0.177 e. The van der Waals surface area contributed by atoms with Crippen LogP contribution in [-0.4, -0.2) is 24.6 Å². The molecule has 0 saturated carbocycles. The molecule has 0 aliphatic heterocycles. The summed E-state index contributed by atoms with van der Waals surface area (Å²) >= 11 is 6.41. The number of rotatable bonds is 3. The Morgan fingerprint density at radius 2 is 1.80 bits per heavy atom. The minimum Gasteiger partial charge on any atom is -0.256 e. The third-order valence-corrected chi connectivity index (χ3v) is 4.89. The van der Waals surface area contributed by atoms with Crippen molar-refractivity contribution in [1.82, 2.24) is 24.6 Å². The molecule has 0 atom stereocenters. The van der Waals surface area contributed by atoms with Crippen LogP contribution in [0.25, 0.3) is 16.6 Å². The van der Waals surface area contributed by atoms with E-state index < -0.39 is 0 Å². The van der Waals surface area contributed by atoms with Gasteiger partial charge in [-0.25, -0.2) is 9.50 Å². The standard InChI is InChI=1S/C19H18ClN5/c1-11-4-5-14-6-7-15(22-18(14)17(11)20)8-9-16-23-19-13(3)21-10-12(2)25(19)24-16/h4-7,10H,8-9H2,1-3H3. The van der Waals surface area contributed by atoms with Crippen LogP contribution < -0.4 is 0 Å². The number of aromatic nitrogens is 5. The van der Waals surface area contributed by atoms with Gasteiger partial charge in [0, 0.05) is 23.7 Å². The topological polar surface area (TPSA) is 56.0 Å². The Morgan fingerprint density at radius 3 is 2.60 bits per heavy atom. The Balaban J connectivity index is 1.63. The Hall–Kier alpha value is -2.53. The molecule has 4 aromatic rings. The molecule has 0 unspecified atom stereocenters. The van der Waals surface area contributed by atoms with E-state index in [0.717, 1.165) is 62.9 Å². The van der Waals surface area contributed by atoms with Crippen LogP contribution in [0.1, 0.15) is 28.5 Å². The van der Waals surface area contributed by atoms with Gasteiger partial charge in [0.05, 0.1) is 21.9 Å². The molecule has 6 heteroatoms. The number of nitrogens with zero attached hydrogens (tertiary/aromatic N) is 5. The first kappa shape index (κ1) is 16.0. The molecule has 0 radical (unpaired) electrons. The lowest BCUT2D eigenvalue weighted by Crippen LogP contribution is -1.99. The number of hydrogen-bond acceptors (Lipinski definition) is 4. The summed E-state index contributed by atoms with van der Waals surface area (Å²) in [6, 6.07) is 8.18. The largest absolute Gasteiger partial charge is 0.256 e. The molecule has 3 heterocycles. The lowest BCUT2D eigenvalue weighted by molar-refractivity contribution is 0.808. The highest BCUT2D eigenvalue weighted by Crippen LogP contribution is 2.25. The average molecular weight is 352 g/mol. The molecule has 3 aromatic heterocycles. The van der Waals surface area contributed by atoms with Crippen molar-refractivity contribution in [1.29, 1.82) is 0 Å². The van der Waals surface area contributed by atoms with Crippen molar-refractivity contribution < 1.29 is 0 Å². The predicted octanol–water partition coefficient (Wildman–Crippen LogP) is 4.04. The number of halogens is 1. The van der Waals surface area contributed by atoms with Gasteiger partial charge in [-0.05, 0) is 38.8 Å². The number of benzene rings is 1. The molecule has 0 N–H and O–H groups in total. The fourth-order valence-electron chi connectivity index (χ4n) is 2.92. The fourth-order valence-corrected chi connectivity index (χ4v) is 3.13. The zero-order chi connectivity index (χ0) is 17.6. The molecule has 0 amide bonds. The summed E-state index contributed by atoms with van der Waals surface area (Å²) in [7, 11) is 0. The van der Waals surface area contributed by atoms with Crippen molar-refractivity contribution in [3.8, 4) is 0 Å². The van der Waals surface area contributed by atoms with Crippen LogP contribution >= 0.6 is 11.6 Å². The zero-order valence-corrected chi connectivity index (χ0v) is 15.2. The highest BCUT2D eigenvalue weighted by atomic mass is 35.5. The number of pyridine rings is 1. The van der Waals surface area contributed by atoms with Crippen molar-refractivity contribution in [2.45, 2.75) is 33.6 Å². The van der Waals surface area contributed by atoms with Crippen molar-refractivity contribution in [3.05, 3.63) is 64.0 Å². The first-order valence-corrected chi connectivity index (χ1v) is 8.63. The Kier molecular flexibility index (Phi) is 3.88. The summed E-state index contributed by atoms with van der Waals surface area (Å²) in [4.78, 5) is 13.7. The number of fused-ring (bicyclic) bond motifs is 2. The molecule has 0 fully saturated rings. The molecule has 0 bridgehead atoms. The van der Waals surface area contributed by atoms with Gasteiger partial charge in [0.1, 0.15) is 0 Å². The van der Waals surface area contributed by atoms with Crippen molar-refractivity contribution in [3.63, 3.8) is 0 Å². The second-order valence-electron chi connectivity index (χ2n) is 6.32. The highest BCUT2D eigenvalue weighted by molar-refractivity contribution is 6.35. The Morgan fingerprint density at radius 1 is 1.00 bits per heavy atom. The monoisotopic (exact) mass is 351 g/mol. The Bertz CT molecular complexity index is 1060. The molecule has 0 aliphatic rings. The molecule has 4 rings (SSSR count). The lowest BCUT2D eigenvalue weighted by atomic mass is 10.1. The lowest BCUT2D eigenvalue weighted by Gasteiger charge is -2.05. The maximum atomic E-state index is 6.41.